The number of benzene rings is 2. The second-order valence-corrected chi connectivity index (χ2v) is 7.85. The zero-order chi connectivity index (χ0) is 21.5. The molecule has 0 saturated heterocycles. The molecule has 2 unspecified atom stereocenters. The summed E-state index contributed by atoms with van der Waals surface area (Å²) in [6.07, 6.45) is 1.72. The average molecular weight is 495 g/mol. The molecule has 3 rings (SSSR count). The molecule has 2 aromatic carbocycles. The van der Waals surface area contributed by atoms with Crippen molar-refractivity contribution in [3.63, 3.8) is 0 Å². The van der Waals surface area contributed by atoms with Crippen LogP contribution in [0.5, 0.6) is 22.4 Å². The van der Waals surface area contributed by atoms with Crippen LogP contribution in [0.15, 0.2) is 36.4 Å². The van der Waals surface area contributed by atoms with Gasteiger partial charge in [0.2, 0.25) is 0 Å². The van der Waals surface area contributed by atoms with Crippen LogP contribution in [0.2, 0.25) is 0 Å². The van der Waals surface area contributed by atoms with E-state index in [2.05, 4.69) is 18.7 Å². The molecule has 0 spiro atoms. The smallest absolute Gasteiger partial charge is 0.357 e. The molecule has 0 fully saturated rings. The van der Waals surface area contributed by atoms with Gasteiger partial charge in [-0.1, -0.05) is 11.3 Å². The molecule has 3 aromatic rings. The van der Waals surface area contributed by atoms with Gasteiger partial charge < -0.3 is 18.4 Å². The lowest BCUT2D eigenvalue weighted by atomic mass is 10.3. The zero-order valence-corrected chi connectivity index (χ0v) is 18.3. The number of nitrogens with one attached hydrogen (secondary N) is 1. The van der Waals surface area contributed by atoms with Crippen molar-refractivity contribution in [1.82, 2.24) is 4.98 Å². The average Bonchev–Trinajstić information content (AvgIpc) is 3.07. The van der Waals surface area contributed by atoms with Crippen LogP contribution in [-0.2, 0) is 27.1 Å². The second-order valence-electron chi connectivity index (χ2n) is 5.19. The van der Waals surface area contributed by atoms with E-state index < -0.39 is 22.7 Å². The molecule has 1 aromatic heterocycles. The summed E-state index contributed by atoms with van der Waals surface area (Å²) >= 11 is -2.80. The number of fused-ring (bicyclic) bond motifs is 1. The maximum absolute atomic E-state index is 10.8. The number of ether oxygens (including phenoxy) is 1. The number of hydrogen-bond donors (Lipinski definition) is 3. The normalized spacial score (nSPS) is 12.9. The summed E-state index contributed by atoms with van der Waals surface area (Å²) in [7, 11) is 0. The fraction of sp³-hybridized carbons (Fsp3) is 0.133. The van der Waals surface area contributed by atoms with Crippen LogP contribution in [0.4, 0.5) is 5.69 Å². The van der Waals surface area contributed by atoms with Crippen molar-refractivity contribution >= 4 is 62.0 Å². The molecule has 0 radical (unpaired) electrons. The fourth-order valence-corrected chi connectivity index (χ4v) is 3.71. The van der Waals surface area contributed by atoms with Gasteiger partial charge in [-0.25, -0.2) is 0 Å². The van der Waals surface area contributed by atoms with E-state index in [4.69, 9.17) is 23.1 Å². The number of aromatic nitrogens is 1. The van der Waals surface area contributed by atoms with Gasteiger partial charge >= 0.3 is 27.9 Å². The summed E-state index contributed by atoms with van der Waals surface area (Å²) in [5.74, 6) is 0.00868. The molecular formula is C15H14N2O9S4. The van der Waals surface area contributed by atoms with E-state index >= 15 is 0 Å². The Labute approximate surface area is 183 Å². The lowest BCUT2D eigenvalue weighted by Crippen LogP contribution is -2.09. The van der Waals surface area contributed by atoms with Crippen molar-refractivity contribution in [2.45, 2.75) is 0 Å². The Bertz CT molecular complexity index is 1030. The van der Waals surface area contributed by atoms with E-state index in [1.807, 2.05) is 6.07 Å². The van der Waals surface area contributed by atoms with Crippen molar-refractivity contribution < 1.29 is 39.8 Å². The van der Waals surface area contributed by atoms with Crippen molar-refractivity contribution in [1.29, 1.82) is 0 Å². The van der Waals surface area contributed by atoms with Crippen molar-refractivity contribution in [2.24, 2.45) is 0 Å². The van der Waals surface area contributed by atoms with Gasteiger partial charge in [-0.3, -0.25) is 14.0 Å². The molecule has 1 heterocycles. The van der Waals surface area contributed by atoms with Crippen LogP contribution in [-0.4, -0.2) is 35.5 Å². The Morgan fingerprint density at radius 2 is 1.73 bits per heavy atom. The SMILES string of the molecule is CSOOc1nc2ccc(NCOc3cc(OS(=O)O)cc(OS(=O)O)c3)cc2s1. The maximum Gasteiger partial charge on any atom is 0.357 e. The summed E-state index contributed by atoms with van der Waals surface area (Å²) in [5.41, 5.74) is 1.48. The van der Waals surface area contributed by atoms with Gasteiger partial charge in [0, 0.05) is 42.2 Å². The number of hydrogen-bond acceptors (Lipinski definition) is 11. The van der Waals surface area contributed by atoms with Gasteiger partial charge in [0.05, 0.1) is 10.2 Å². The molecule has 0 amide bonds. The summed E-state index contributed by atoms with van der Waals surface area (Å²) in [5, 5.41) is 3.41. The highest BCUT2D eigenvalue weighted by molar-refractivity contribution is 7.93. The molecule has 0 aliphatic carbocycles. The van der Waals surface area contributed by atoms with Crippen molar-refractivity contribution in [3.8, 4) is 22.4 Å². The standard InChI is InChI=1S/C15H14N2O9S4/c1-27-26-23-15-17-13-3-2-9(4-14(13)28-15)16-8-22-10-5-11(24-29(18)19)7-12(6-10)25-30(20)21/h2-7,16H,8H2,1H3,(H,18,19)(H,20,21). The summed E-state index contributed by atoms with van der Waals surface area (Å²) in [6.45, 7) is 0.0105. The number of rotatable bonds is 11. The Kier molecular flexibility index (Phi) is 8.08. The molecule has 11 nitrogen and oxygen atoms in total. The quantitative estimate of drug-likeness (QED) is 0.118. The third kappa shape index (κ3) is 6.69. The van der Waals surface area contributed by atoms with Gasteiger partial charge in [0.25, 0.3) is 0 Å². The molecular weight excluding hydrogens is 480 g/mol. The van der Waals surface area contributed by atoms with Crippen LogP contribution in [0, 0.1) is 0 Å². The fourth-order valence-electron chi connectivity index (χ4n) is 2.20. The first-order chi connectivity index (χ1) is 14.4. The third-order valence-electron chi connectivity index (χ3n) is 3.25. The highest BCUT2D eigenvalue weighted by atomic mass is 32.2. The Morgan fingerprint density at radius 3 is 2.37 bits per heavy atom. The molecule has 3 N–H and O–H groups in total. The molecule has 30 heavy (non-hydrogen) atoms. The zero-order valence-electron chi connectivity index (χ0n) is 15.0. The molecule has 0 aliphatic rings. The van der Waals surface area contributed by atoms with Crippen LogP contribution in [0.3, 0.4) is 0 Å². The van der Waals surface area contributed by atoms with E-state index in [1.165, 1.54) is 29.5 Å². The lowest BCUT2D eigenvalue weighted by molar-refractivity contribution is -0.0769. The number of anilines is 1. The molecule has 0 aliphatic heterocycles. The van der Waals surface area contributed by atoms with Gasteiger partial charge in [-0.2, -0.15) is 13.4 Å². The van der Waals surface area contributed by atoms with Gasteiger partial charge in [-0.15, -0.1) is 4.33 Å². The monoisotopic (exact) mass is 494 g/mol. The van der Waals surface area contributed by atoms with E-state index in [-0.39, 0.29) is 24.0 Å². The van der Waals surface area contributed by atoms with Gasteiger partial charge in [-0.05, 0) is 18.2 Å². The number of nitrogens with zero attached hydrogens (tertiary/aromatic N) is 1. The van der Waals surface area contributed by atoms with Crippen LogP contribution >= 0.6 is 23.4 Å². The predicted octanol–water partition coefficient (Wildman–Crippen LogP) is 3.36. The lowest BCUT2D eigenvalue weighted by Gasteiger charge is -2.11. The van der Waals surface area contributed by atoms with Gasteiger partial charge in [0.15, 0.2) is 6.73 Å². The van der Waals surface area contributed by atoms with Crippen LogP contribution < -0.4 is 23.3 Å². The van der Waals surface area contributed by atoms with E-state index in [9.17, 15) is 8.42 Å². The minimum absolute atomic E-state index is 0.0105. The minimum atomic E-state index is -2.59. The van der Waals surface area contributed by atoms with Crippen LogP contribution in [0.1, 0.15) is 0 Å². The minimum Gasteiger partial charge on any atom is -0.473 e. The number of thiazole rings is 1. The third-order valence-corrected chi connectivity index (χ3v) is 5.00. The van der Waals surface area contributed by atoms with E-state index in [1.54, 1.807) is 18.4 Å². The maximum atomic E-state index is 10.8. The molecule has 2 atom stereocenters. The summed E-state index contributed by atoms with van der Waals surface area (Å²) in [4.78, 5) is 9.29. The Hall–Kier alpha value is -2.14. The van der Waals surface area contributed by atoms with E-state index in [0.717, 1.165) is 27.9 Å². The predicted molar refractivity (Wildman–Crippen MR) is 113 cm³/mol. The van der Waals surface area contributed by atoms with E-state index in [0.29, 0.717) is 5.19 Å². The summed E-state index contributed by atoms with van der Waals surface area (Å²) in [6, 6.07) is 9.26. The first-order valence-corrected chi connectivity index (χ1v) is 11.8. The van der Waals surface area contributed by atoms with Crippen LogP contribution in [0.25, 0.3) is 10.2 Å². The molecule has 15 heteroatoms. The second kappa shape index (κ2) is 10.8. The molecule has 0 saturated carbocycles. The Morgan fingerprint density at radius 1 is 1.07 bits per heavy atom. The first-order valence-electron chi connectivity index (χ1n) is 7.81. The topological polar surface area (TPSA) is 146 Å². The largest absolute Gasteiger partial charge is 0.473 e. The highest BCUT2D eigenvalue weighted by Crippen LogP contribution is 2.31. The van der Waals surface area contributed by atoms with Crippen molar-refractivity contribution in [3.05, 3.63) is 36.4 Å². The molecule has 0 bridgehead atoms. The summed E-state index contributed by atoms with van der Waals surface area (Å²) < 4.78 is 59.9. The first kappa shape index (κ1) is 22.5. The van der Waals surface area contributed by atoms with Crippen molar-refractivity contribution in [2.75, 3.05) is 18.3 Å². The Balaban J connectivity index is 1.66. The highest BCUT2D eigenvalue weighted by Gasteiger charge is 2.10. The molecule has 162 valence electrons. The van der Waals surface area contributed by atoms with Gasteiger partial charge in [0.1, 0.15) is 17.2 Å².